The van der Waals surface area contributed by atoms with Gasteiger partial charge in [-0.2, -0.15) is 0 Å². The summed E-state index contributed by atoms with van der Waals surface area (Å²) in [7, 11) is 0. The second-order valence-corrected chi connectivity index (χ2v) is 8.24. The first kappa shape index (κ1) is 20.2. The molecule has 2 heterocycles. The third kappa shape index (κ3) is 2.46. The van der Waals surface area contributed by atoms with E-state index in [0.29, 0.717) is 25.7 Å². The van der Waals surface area contributed by atoms with Crippen LogP contribution in [0, 0.1) is 0 Å². The first-order chi connectivity index (χ1) is 13.1. The van der Waals surface area contributed by atoms with E-state index in [4.69, 9.17) is 0 Å². The molecule has 0 spiro atoms. The Balaban J connectivity index is 2.48. The second-order valence-electron chi connectivity index (χ2n) is 8.24. The van der Waals surface area contributed by atoms with Crippen molar-refractivity contribution in [2.75, 3.05) is 0 Å². The summed E-state index contributed by atoms with van der Waals surface area (Å²) in [6, 6.07) is 2.89. The summed E-state index contributed by atoms with van der Waals surface area (Å²) in [4.78, 5) is 52.2. The molecule has 0 saturated heterocycles. The van der Waals surface area contributed by atoms with Crippen molar-refractivity contribution in [3.05, 3.63) is 53.5 Å². The van der Waals surface area contributed by atoms with Gasteiger partial charge in [-0.3, -0.25) is 28.3 Å². The van der Waals surface area contributed by atoms with Crippen molar-refractivity contribution in [3.8, 4) is 0 Å². The van der Waals surface area contributed by atoms with Gasteiger partial charge in [0.1, 0.15) is 0 Å². The van der Waals surface area contributed by atoms with Gasteiger partial charge in [0.2, 0.25) is 0 Å². The van der Waals surface area contributed by atoms with Crippen LogP contribution in [0.1, 0.15) is 67.2 Å². The van der Waals surface area contributed by atoms with E-state index < -0.39 is 11.1 Å². The van der Waals surface area contributed by atoms with E-state index in [2.05, 4.69) is 0 Å². The van der Waals surface area contributed by atoms with Crippen LogP contribution in [0.5, 0.6) is 0 Å². The molecule has 150 valence electrons. The largest absolute Gasteiger partial charge is 0.269 e. The zero-order chi connectivity index (χ0) is 21.0. The van der Waals surface area contributed by atoms with Crippen molar-refractivity contribution in [2.24, 2.45) is 0 Å². The lowest BCUT2D eigenvalue weighted by atomic mass is 9.95. The molecule has 0 unspecified atom stereocenters. The maximum Gasteiger partial charge on any atom is 0.262 e. The number of benzene rings is 1. The van der Waals surface area contributed by atoms with Gasteiger partial charge in [0.05, 0.1) is 21.5 Å². The van der Waals surface area contributed by atoms with Crippen molar-refractivity contribution in [3.63, 3.8) is 0 Å². The van der Waals surface area contributed by atoms with Crippen LogP contribution < -0.4 is 22.2 Å². The van der Waals surface area contributed by atoms with Crippen LogP contribution >= 0.6 is 0 Å². The molecule has 0 aliphatic rings. The Hall–Kier alpha value is -2.50. The SMILES string of the molecule is CCC(C)(CC)n1c(=O)c2cc3c(=O)n(C(C)(CC)CC)c(=O)c3cc2c1=O. The lowest BCUT2D eigenvalue weighted by Gasteiger charge is -2.27. The summed E-state index contributed by atoms with van der Waals surface area (Å²) in [6.45, 7) is 11.5. The highest BCUT2D eigenvalue weighted by Crippen LogP contribution is 2.26. The predicted molar refractivity (Wildman–Crippen MR) is 113 cm³/mol. The lowest BCUT2D eigenvalue weighted by Crippen LogP contribution is -2.42. The quantitative estimate of drug-likeness (QED) is 0.654. The van der Waals surface area contributed by atoms with Crippen LogP contribution in [0.2, 0.25) is 0 Å². The van der Waals surface area contributed by atoms with Crippen LogP contribution in [0.4, 0.5) is 0 Å². The summed E-state index contributed by atoms with van der Waals surface area (Å²) >= 11 is 0. The van der Waals surface area contributed by atoms with Crippen molar-refractivity contribution < 1.29 is 0 Å². The molecule has 0 radical (unpaired) electrons. The van der Waals surface area contributed by atoms with E-state index in [1.54, 1.807) is 0 Å². The molecule has 2 aromatic heterocycles. The first-order valence-corrected chi connectivity index (χ1v) is 10.1. The molecule has 3 aromatic rings. The molecule has 6 nitrogen and oxygen atoms in total. The first-order valence-electron chi connectivity index (χ1n) is 10.1. The molecule has 6 heteroatoms. The van der Waals surface area contributed by atoms with E-state index in [9.17, 15) is 19.2 Å². The Labute approximate surface area is 163 Å². The van der Waals surface area contributed by atoms with E-state index >= 15 is 0 Å². The van der Waals surface area contributed by atoms with Crippen LogP contribution in [0.15, 0.2) is 31.3 Å². The molecule has 0 saturated carbocycles. The molecular weight excluding hydrogens is 356 g/mol. The minimum Gasteiger partial charge on any atom is -0.269 e. The third-order valence-electron chi connectivity index (χ3n) is 7.02. The molecular formula is C22H28N2O4. The summed E-state index contributed by atoms with van der Waals surface area (Å²) in [5, 5.41) is 0.869. The van der Waals surface area contributed by atoms with Gasteiger partial charge in [-0.15, -0.1) is 0 Å². The number of fused-ring (bicyclic) bond motifs is 2. The maximum absolute atomic E-state index is 13.0. The molecule has 0 atom stereocenters. The van der Waals surface area contributed by atoms with Crippen molar-refractivity contribution >= 4 is 21.5 Å². The zero-order valence-electron chi connectivity index (χ0n) is 17.5. The molecule has 0 bridgehead atoms. The van der Waals surface area contributed by atoms with Crippen LogP contribution in [0.3, 0.4) is 0 Å². The summed E-state index contributed by atoms with van der Waals surface area (Å²) in [6.07, 6.45) is 2.52. The number of hydrogen-bond donors (Lipinski definition) is 0. The van der Waals surface area contributed by atoms with Gasteiger partial charge in [-0.25, -0.2) is 0 Å². The molecule has 0 amide bonds. The Kier molecular flexibility index (Phi) is 4.72. The molecule has 28 heavy (non-hydrogen) atoms. The average Bonchev–Trinajstić information content (AvgIpc) is 3.10. The average molecular weight is 384 g/mol. The number of nitrogens with zero attached hydrogens (tertiary/aromatic N) is 2. The van der Waals surface area contributed by atoms with Crippen LogP contribution in [0.25, 0.3) is 21.5 Å². The highest BCUT2D eigenvalue weighted by Gasteiger charge is 2.31. The van der Waals surface area contributed by atoms with Gasteiger partial charge in [0, 0.05) is 11.1 Å². The minimum atomic E-state index is -0.597. The van der Waals surface area contributed by atoms with Gasteiger partial charge in [0.25, 0.3) is 22.2 Å². The Morgan fingerprint density at radius 3 is 0.964 bits per heavy atom. The number of hydrogen-bond acceptors (Lipinski definition) is 4. The molecule has 3 rings (SSSR count). The fraction of sp³-hybridized carbons (Fsp3) is 0.545. The van der Waals surface area contributed by atoms with Crippen LogP contribution in [-0.4, -0.2) is 9.13 Å². The van der Waals surface area contributed by atoms with Crippen LogP contribution in [-0.2, 0) is 11.1 Å². The summed E-state index contributed by atoms with van der Waals surface area (Å²) in [5.74, 6) is 0. The Morgan fingerprint density at radius 2 is 0.786 bits per heavy atom. The minimum absolute atomic E-state index is 0.217. The summed E-state index contributed by atoms with van der Waals surface area (Å²) in [5.41, 5.74) is -2.74. The highest BCUT2D eigenvalue weighted by atomic mass is 16.2. The topological polar surface area (TPSA) is 78.1 Å². The highest BCUT2D eigenvalue weighted by molar-refractivity contribution is 5.97. The molecule has 1 aromatic carbocycles. The van der Waals surface area contributed by atoms with E-state index in [0.717, 1.165) is 0 Å². The van der Waals surface area contributed by atoms with Crippen molar-refractivity contribution in [2.45, 2.75) is 78.3 Å². The van der Waals surface area contributed by atoms with Gasteiger partial charge in [-0.1, -0.05) is 27.7 Å². The maximum atomic E-state index is 13.0. The zero-order valence-corrected chi connectivity index (χ0v) is 17.5. The van der Waals surface area contributed by atoms with E-state index in [-0.39, 0.29) is 43.8 Å². The normalized spacial score (nSPS) is 13.1. The monoisotopic (exact) mass is 384 g/mol. The van der Waals surface area contributed by atoms with Gasteiger partial charge >= 0.3 is 0 Å². The Morgan fingerprint density at radius 1 is 0.571 bits per heavy atom. The van der Waals surface area contributed by atoms with E-state index in [1.165, 1.54) is 21.3 Å². The van der Waals surface area contributed by atoms with Gasteiger partial charge in [-0.05, 0) is 51.7 Å². The predicted octanol–water partition coefficient (Wildman–Crippen LogP) is 2.98. The fourth-order valence-corrected chi connectivity index (χ4v) is 4.09. The fourth-order valence-electron chi connectivity index (χ4n) is 4.09. The molecule has 0 aliphatic heterocycles. The van der Waals surface area contributed by atoms with Crippen molar-refractivity contribution in [1.29, 1.82) is 0 Å². The molecule has 0 fully saturated rings. The van der Waals surface area contributed by atoms with Crippen molar-refractivity contribution in [1.82, 2.24) is 9.13 Å². The second kappa shape index (κ2) is 6.54. The third-order valence-corrected chi connectivity index (χ3v) is 7.02. The molecule has 0 N–H and O–H groups in total. The Bertz CT molecular complexity index is 1090. The number of aromatic nitrogens is 2. The standard InChI is InChI=1S/C22H28N2O4/c1-7-21(5,8-2)23-17(25)13-11-15-16(12-14(13)18(23)26)20(28)24(19(15)27)22(6,9-3)10-4/h11-12H,7-10H2,1-6H3. The lowest BCUT2D eigenvalue weighted by molar-refractivity contribution is 0.282. The summed E-state index contributed by atoms with van der Waals surface area (Å²) < 4.78 is 2.59. The van der Waals surface area contributed by atoms with E-state index in [1.807, 2.05) is 41.5 Å². The van der Waals surface area contributed by atoms with Gasteiger partial charge in [0.15, 0.2) is 0 Å². The van der Waals surface area contributed by atoms with Gasteiger partial charge < -0.3 is 0 Å². The smallest absolute Gasteiger partial charge is 0.262 e. The number of rotatable bonds is 6. The molecule has 0 aliphatic carbocycles.